The number of aliphatic hydroxyl groups is 4. The molecule has 0 saturated carbocycles. The Morgan fingerprint density at radius 2 is 1.18 bits per heavy atom. The molecule has 0 radical (unpaired) electrons. The Kier molecular flexibility index (Phi) is 6.45. The van der Waals surface area contributed by atoms with Gasteiger partial charge in [0.25, 0.3) is 0 Å². The normalized spacial score (nSPS) is 16.4. The molecule has 0 heterocycles. The molecule has 0 aliphatic rings. The van der Waals surface area contributed by atoms with Crippen molar-refractivity contribution in [3.8, 4) is 0 Å². The van der Waals surface area contributed by atoms with Crippen molar-refractivity contribution >= 4 is 0 Å². The van der Waals surface area contributed by atoms with E-state index in [0.717, 1.165) is 0 Å². The van der Waals surface area contributed by atoms with Crippen molar-refractivity contribution in [1.82, 2.24) is 0 Å². The summed E-state index contributed by atoms with van der Waals surface area (Å²) in [6.45, 7) is -0.482. The van der Waals surface area contributed by atoms with Crippen LogP contribution in [-0.2, 0) is 0 Å². The first kappa shape index (κ1) is 10.8. The van der Waals surface area contributed by atoms with Gasteiger partial charge in [-0.3, -0.25) is 0 Å². The van der Waals surface area contributed by atoms with E-state index in [1.54, 1.807) is 0 Å². The van der Waals surface area contributed by atoms with Crippen LogP contribution < -0.4 is 0 Å². The highest BCUT2D eigenvalue weighted by Gasteiger charge is 2.04. The average molecular weight is 164 g/mol. The van der Waals surface area contributed by atoms with Crippen molar-refractivity contribution in [2.24, 2.45) is 0 Å². The van der Waals surface area contributed by atoms with Crippen molar-refractivity contribution in [2.75, 3.05) is 13.2 Å². The summed E-state index contributed by atoms with van der Waals surface area (Å²) in [5, 5.41) is 34.5. The lowest BCUT2D eigenvalue weighted by Crippen LogP contribution is -2.15. The zero-order valence-electron chi connectivity index (χ0n) is 6.48. The van der Waals surface area contributed by atoms with Gasteiger partial charge < -0.3 is 20.4 Å². The molecule has 0 rings (SSSR count). The van der Waals surface area contributed by atoms with Crippen LogP contribution in [0.1, 0.15) is 19.3 Å². The van der Waals surface area contributed by atoms with Gasteiger partial charge in [-0.25, -0.2) is 0 Å². The molecule has 2 atom stereocenters. The highest BCUT2D eigenvalue weighted by atomic mass is 16.3. The number of hydrogen-bond donors (Lipinski definition) is 4. The van der Waals surface area contributed by atoms with Gasteiger partial charge >= 0.3 is 0 Å². The lowest BCUT2D eigenvalue weighted by molar-refractivity contribution is 0.0657. The standard InChI is InChI=1S/C7H16O4/c8-4-6(10)2-1-3-7(11)5-9/h6-11H,1-5H2. The highest BCUT2D eigenvalue weighted by Crippen LogP contribution is 2.03. The molecule has 0 spiro atoms. The summed E-state index contributed by atoms with van der Waals surface area (Å²) in [5.74, 6) is 0. The molecule has 4 nitrogen and oxygen atoms in total. The van der Waals surface area contributed by atoms with E-state index in [9.17, 15) is 0 Å². The van der Waals surface area contributed by atoms with Crippen molar-refractivity contribution in [3.05, 3.63) is 0 Å². The van der Waals surface area contributed by atoms with Crippen molar-refractivity contribution in [2.45, 2.75) is 31.5 Å². The van der Waals surface area contributed by atoms with E-state index in [1.807, 2.05) is 0 Å². The maximum atomic E-state index is 8.85. The summed E-state index contributed by atoms with van der Waals surface area (Å²) in [4.78, 5) is 0. The minimum atomic E-state index is -0.694. The molecule has 0 fully saturated rings. The first-order valence-electron chi connectivity index (χ1n) is 3.78. The molecule has 68 valence electrons. The molecule has 4 N–H and O–H groups in total. The molecule has 0 aromatic heterocycles. The van der Waals surface area contributed by atoms with Crippen LogP contribution >= 0.6 is 0 Å². The fraction of sp³-hybridized carbons (Fsp3) is 1.00. The Balaban J connectivity index is 3.13. The van der Waals surface area contributed by atoms with Gasteiger partial charge in [0.05, 0.1) is 25.4 Å². The molecule has 0 aliphatic heterocycles. The molecule has 11 heavy (non-hydrogen) atoms. The smallest absolute Gasteiger partial charge is 0.0771 e. The SMILES string of the molecule is OCC(O)CCCC(O)CO. The van der Waals surface area contributed by atoms with Crippen LogP contribution in [0.2, 0.25) is 0 Å². The largest absolute Gasteiger partial charge is 0.394 e. The molecule has 0 amide bonds. The van der Waals surface area contributed by atoms with E-state index >= 15 is 0 Å². The molecule has 4 heteroatoms. The third kappa shape index (κ3) is 6.25. The minimum absolute atomic E-state index is 0.241. The second-order valence-electron chi connectivity index (χ2n) is 2.60. The Labute approximate surface area is 66.1 Å². The van der Waals surface area contributed by atoms with Crippen molar-refractivity contribution in [1.29, 1.82) is 0 Å². The summed E-state index contributed by atoms with van der Waals surface area (Å²) in [6, 6.07) is 0. The molecule has 0 aliphatic carbocycles. The average Bonchev–Trinajstić information content (AvgIpc) is 2.04. The van der Waals surface area contributed by atoms with E-state index in [4.69, 9.17) is 20.4 Å². The summed E-state index contributed by atoms with van der Waals surface area (Å²) >= 11 is 0. The van der Waals surface area contributed by atoms with Gasteiger partial charge in [-0.1, -0.05) is 0 Å². The summed E-state index contributed by atoms with van der Waals surface area (Å²) in [6.07, 6.45) is 0.159. The van der Waals surface area contributed by atoms with Crippen molar-refractivity contribution in [3.63, 3.8) is 0 Å². The highest BCUT2D eigenvalue weighted by molar-refractivity contribution is 4.57. The second kappa shape index (κ2) is 6.54. The zero-order chi connectivity index (χ0) is 8.69. The van der Waals surface area contributed by atoms with Gasteiger partial charge in [-0.15, -0.1) is 0 Å². The number of rotatable bonds is 6. The summed E-state index contributed by atoms with van der Waals surface area (Å²) in [5.41, 5.74) is 0. The summed E-state index contributed by atoms with van der Waals surface area (Å²) in [7, 11) is 0. The molecular formula is C7H16O4. The second-order valence-corrected chi connectivity index (χ2v) is 2.60. The van der Waals surface area contributed by atoms with Gasteiger partial charge in [0.2, 0.25) is 0 Å². The fourth-order valence-corrected chi connectivity index (χ4v) is 0.772. The van der Waals surface area contributed by atoms with Gasteiger partial charge in [-0.2, -0.15) is 0 Å². The van der Waals surface area contributed by atoms with E-state index in [2.05, 4.69) is 0 Å². The van der Waals surface area contributed by atoms with E-state index < -0.39 is 12.2 Å². The lowest BCUT2D eigenvalue weighted by atomic mass is 10.1. The van der Waals surface area contributed by atoms with Gasteiger partial charge in [-0.05, 0) is 19.3 Å². The quantitative estimate of drug-likeness (QED) is 0.400. The maximum Gasteiger partial charge on any atom is 0.0771 e. The summed E-state index contributed by atoms with van der Waals surface area (Å²) < 4.78 is 0. The van der Waals surface area contributed by atoms with E-state index in [-0.39, 0.29) is 13.2 Å². The van der Waals surface area contributed by atoms with E-state index in [0.29, 0.717) is 19.3 Å². The Morgan fingerprint density at radius 3 is 1.45 bits per heavy atom. The van der Waals surface area contributed by atoms with Crippen LogP contribution in [-0.4, -0.2) is 45.8 Å². The van der Waals surface area contributed by atoms with Crippen LogP contribution in [0.5, 0.6) is 0 Å². The van der Waals surface area contributed by atoms with Gasteiger partial charge in [0.15, 0.2) is 0 Å². The zero-order valence-corrected chi connectivity index (χ0v) is 6.48. The Hall–Kier alpha value is -0.160. The van der Waals surface area contributed by atoms with Gasteiger partial charge in [0.1, 0.15) is 0 Å². The maximum absolute atomic E-state index is 8.85. The van der Waals surface area contributed by atoms with Crippen LogP contribution in [0.15, 0.2) is 0 Å². The molecule has 0 aromatic carbocycles. The van der Waals surface area contributed by atoms with Crippen LogP contribution in [0.4, 0.5) is 0 Å². The molecule has 0 aromatic rings. The topological polar surface area (TPSA) is 80.9 Å². The predicted octanol–water partition coefficient (Wildman–Crippen LogP) is -1.14. The van der Waals surface area contributed by atoms with Crippen molar-refractivity contribution < 1.29 is 20.4 Å². The number of hydrogen-bond acceptors (Lipinski definition) is 4. The van der Waals surface area contributed by atoms with Gasteiger partial charge in [0, 0.05) is 0 Å². The fourth-order valence-electron chi connectivity index (χ4n) is 0.772. The number of aliphatic hydroxyl groups excluding tert-OH is 4. The van der Waals surface area contributed by atoms with Crippen LogP contribution in [0, 0.1) is 0 Å². The third-order valence-corrected chi connectivity index (χ3v) is 1.50. The monoisotopic (exact) mass is 164 g/mol. The molecule has 0 bridgehead atoms. The van der Waals surface area contributed by atoms with E-state index in [1.165, 1.54) is 0 Å². The molecule has 2 unspecified atom stereocenters. The third-order valence-electron chi connectivity index (χ3n) is 1.50. The minimum Gasteiger partial charge on any atom is -0.394 e. The first-order chi connectivity index (χ1) is 5.20. The predicted molar refractivity (Wildman–Crippen MR) is 40.0 cm³/mol. The first-order valence-corrected chi connectivity index (χ1v) is 3.78. The van der Waals surface area contributed by atoms with Crippen LogP contribution in [0.3, 0.4) is 0 Å². The Morgan fingerprint density at radius 1 is 0.818 bits per heavy atom. The molecular weight excluding hydrogens is 148 g/mol. The molecule has 0 saturated heterocycles. The lowest BCUT2D eigenvalue weighted by Gasteiger charge is -2.08. The van der Waals surface area contributed by atoms with Crippen LogP contribution in [0.25, 0.3) is 0 Å². The Bertz CT molecular complexity index is 76.5.